The zero-order chi connectivity index (χ0) is 14.3. The monoisotopic (exact) mass is 371 g/mol. The van der Waals surface area contributed by atoms with Crippen molar-refractivity contribution in [2.75, 3.05) is 12.4 Å². The van der Waals surface area contributed by atoms with Crippen molar-refractivity contribution in [3.8, 4) is 11.4 Å². The molecule has 1 aromatic carbocycles. The van der Waals surface area contributed by atoms with Crippen LogP contribution in [0, 0.1) is 0 Å². The molecule has 0 radical (unpaired) electrons. The Kier molecular flexibility index (Phi) is 3.89. The maximum atomic E-state index is 6.27. The summed E-state index contributed by atoms with van der Waals surface area (Å²) in [6.45, 7) is 0. The minimum atomic E-state index is 0.486. The van der Waals surface area contributed by atoms with Crippen molar-refractivity contribution >= 4 is 44.9 Å². The Hall–Kier alpha value is -0.840. The van der Waals surface area contributed by atoms with Crippen LogP contribution in [0.2, 0.25) is 10.0 Å². The molecule has 1 N–H and O–H groups in total. The molecule has 3 rings (SSSR count). The van der Waals surface area contributed by atoms with Gasteiger partial charge in [0.2, 0.25) is 0 Å². The summed E-state index contributed by atoms with van der Waals surface area (Å²) in [6.07, 6.45) is 2.34. The molecule has 0 unspecified atom stereocenters. The first-order chi connectivity index (χ1) is 9.61. The van der Waals surface area contributed by atoms with Gasteiger partial charge in [-0.15, -0.1) is 0 Å². The van der Waals surface area contributed by atoms with Crippen molar-refractivity contribution in [2.45, 2.75) is 18.8 Å². The number of benzene rings is 1. The predicted octanol–water partition coefficient (Wildman–Crippen LogP) is 5.13. The van der Waals surface area contributed by atoms with E-state index in [0.29, 0.717) is 21.8 Å². The molecular formula is C14H12BrCl2N3. The van der Waals surface area contributed by atoms with Crippen LogP contribution in [0.1, 0.15) is 24.5 Å². The Balaban J connectivity index is 2.18. The third-order valence-electron chi connectivity index (χ3n) is 3.27. The molecule has 0 spiro atoms. The van der Waals surface area contributed by atoms with E-state index >= 15 is 0 Å². The van der Waals surface area contributed by atoms with Crippen LogP contribution in [-0.4, -0.2) is 17.0 Å². The van der Waals surface area contributed by atoms with E-state index in [2.05, 4.69) is 31.2 Å². The summed E-state index contributed by atoms with van der Waals surface area (Å²) in [6, 6.07) is 5.49. The highest BCUT2D eigenvalue weighted by molar-refractivity contribution is 9.10. The molecule has 2 aromatic rings. The lowest BCUT2D eigenvalue weighted by Gasteiger charge is -2.12. The van der Waals surface area contributed by atoms with E-state index in [-0.39, 0.29) is 0 Å². The van der Waals surface area contributed by atoms with Crippen LogP contribution in [0.15, 0.2) is 22.7 Å². The molecule has 0 saturated heterocycles. The summed E-state index contributed by atoms with van der Waals surface area (Å²) in [7, 11) is 1.84. The SMILES string of the molecule is CNc1nc(-c2cccc(Cl)c2Cl)nc(C2CC2)c1Br. The summed E-state index contributed by atoms with van der Waals surface area (Å²) in [4.78, 5) is 9.20. The smallest absolute Gasteiger partial charge is 0.163 e. The number of rotatable bonds is 3. The molecule has 0 amide bonds. The van der Waals surface area contributed by atoms with E-state index in [1.165, 1.54) is 12.8 Å². The Labute approximate surface area is 135 Å². The van der Waals surface area contributed by atoms with Crippen molar-refractivity contribution in [3.05, 3.63) is 38.4 Å². The predicted molar refractivity (Wildman–Crippen MR) is 86.7 cm³/mol. The maximum absolute atomic E-state index is 6.27. The van der Waals surface area contributed by atoms with E-state index in [9.17, 15) is 0 Å². The number of nitrogens with one attached hydrogen (secondary N) is 1. The highest BCUT2D eigenvalue weighted by Gasteiger charge is 2.29. The van der Waals surface area contributed by atoms with Gasteiger partial charge < -0.3 is 5.32 Å². The van der Waals surface area contributed by atoms with E-state index in [1.54, 1.807) is 6.07 Å². The number of hydrogen-bond donors (Lipinski definition) is 1. The van der Waals surface area contributed by atoms with Gasteiger partial charge in [0.05, 0.1) is 20.2 Å². The van der Waals surface area contributed by atoms with Crippen LogP contribution >= 0.6 is 39.1 Å². The first kappa shape index (κ1) is 14.1. The summed E-state index contributed by atoms with van der Waals surface area (Å²) in [5, 5.41) is 4.08. The van der Waals surface area contributed by atoms with Gasteiger partial charge in [0.1, 0.15) is 5.82 Å². The van der Waals surface area contributed by atoms with Gasteiger partial charge in [-0.25, -0.2) is 9.97 Å². The molecule has 0 aliphatic heterocycles. The molecule has 0 atom stereocenters. The minimum Gasteiger partial charge on any atom is -0.372 e. The van der Waals surface area contributed by atoms with Gasteiger partial charge in [-0.1, -0.05) is 29.3 Å². The Morgan fingerprint density at radius 3 is 2.65 bits per heavy atom. The lowest BCUT2D eigenvalue weighted by Crippen LogP contribution is -2.03. The van der Waals surface area contributed by atoms with Gasteiger partial charge in [-0.3, -0.25) is 0 Å². The van der Waals surface area contributed by atoms with Gasteiger partial charge in [0.25, 0.3) is 0 Å². The largest absolute Gasteiger partial charge is 0.372 e. The molecular weight excluding hydrogens is 361 g/mol. The second-order valence-corrected chi connectivity index (χ2v) is 6.30. The lowest BCUT2D eigenvalue weighted by atomic mass is 10.2. The quantitative estimate of drug-likeness (QED) is 0.811. The second kappa shape index (κ2) is 5.51. The standard InChI is InChI=1S/C14H12BrCl2N3/c1-18-14-10(15)12(7-5-6-7)19-13(20-14)8-3-2-4-9(16)11(8)17/h2-4,7H,5-6H2,1H3,(H,18,19,20). The fourth-order valence-corrected chi connectivity index (χ4v) is 3.14. The van der Waals surface area contributed by atoms with Gasteiger partial charge in [-0.2, -0.15) is 0 Å². The van der Waals surface area contributed by atoms with Crippen LogP contribution < -0.4 is 5.32 Å². The summed E-state index contributed by atoms with van der Waals surface area (Å²) < 4.78 is 0.935. The van der Waals surface area contributed by atoms with Crippen molar-refractivity contribution < 1.29 is 0 Å². The van der Waals surface area contributed by atoms with Crippen molar-refractivity contribution in [1.29, 1.82) is 0 Å². The number of anilines is 1. The van der Waals surface area contributed by atoms with Crippen LogP contribution in [0.25, 0.3) is 11.4 Å². The number of hydrogen-bond acceptors (Lipinski definition) is 3. The molecule has 1 aliphatic carbocycles. The van der Waals surface area contributed by atoms with E-state index in [1.807, 2.05) is 19.2 Å². The van der Waals surface area contributed by atoms with Gasteiger partial charge >= 0.3 is 0 Å². The average molecular weight is 373 g/mol. The normalized spacial score (nSPS) is 14.4. The molecule has 1 aromatic heterocycles. The molecule has 1 saturated carbocycles. The molecule has 1 aliphatic rings. The first-order valence-corrected chi connectivity index (χ1v) is 7.86. The molecule has 6 heteroatoms. The fourth-order valence-electron chi connectivity index (χ4n) is 2.05. The Bertz CT molecular complexity index is 672. The van der Waals surface area contributed by atoms with Crippen LogP contribution in [-0.2, 0) is 0 Å². The second-order valence-electron chi connectivity index (χ2n) is 4.72. The van der Waals surface area contributed by atoms with Crippen LogP contribution in [0.5, 0.6) is 0 Å². The highest BCUT2D eigenvalue weighted by Crippen LogP contribution is 2.45. The molecule has 0 bridgehead atoms. The topological polar surface area (TPSA) is 37.8 Å². The van der Waals surface area contributed by atoms with Crippen LogP contribution in [0.3, 0.4) is 0 Å². The average Bonchev–Trinajstić information content (AvgIpc) is 3.27. The number of halogens is 3. The molecule has 20 heavy (non-hydrogen) atoms. The van der Waals surface area contributed by atoms with E-state index in [4.69, 9.17) is 23.2 Å². The third kappa shape index (κ3) is 2.52. The van der Waals surface area contributed by atoms with Crippen molar-refractivity contribution in [1.82, 2.24) is 9.97 Å². The van der Waals surface area contributed by atoms with Crippen molar-refractivity contribution in [2.24, 2.45) is 0 Å². The first-order valence-electron chi connectivity index (χ1n) is 6.31. The molecule has 1 fully saturated rings. The van der Waals surface area contributed by atoms with Gasteiger partial charge in [-0.05, 0) is 40.9 Å². The van der Waals surface area contributed by atoms with E-state index < -0.39 is 0 Å². The van der Waals surface area contributed by atoms with Gasteiger partial charge in [0, 0.05) is 18.5 Å². The minimum absolute atomic E-state index is 0.486. The third-order valence-corrected chi connectivity index (χ3v) is 4.87. The maximum Gasteiger partial charge on any atom is 0.163 e. The zero-order valence-electron chi connectivity index (χ0n) is 10.8. The molecule has 104 valence electrons. The molecule has 3 nitrogen and oxygen atoms in total. The molecule has 1 heterocycles. The highest BCUT2D eigenvalue weighted by atomic mass is 79.9. The van der Waals surface area contributed by atoms with E-state index in [0.717, 1.165) is 21.5 Å². The van der Waals surface area contributed by atoms with Gasteiger partial charge in [0.15, 0.2) is 5.82 Å². The fraction of sp³-hybridized carbons (Fsp3) is 0.286. The summed E-state index contributed by atoms with van der Waals surface area (Å²) >= 11 is 15.9. The number of nitrogens with zero attached hydrogens (tertiary/aromatic N) is 2. The Morgan fingerprint density at radius 2 is 2.00 bits per heavy atom. The lowest BCUT2D eigenvalue weighted by molar-refractivity contribution is 0.980. The van der Waals surface area contributed by atoms with Crippen molar-refractivity contribution in [3.63, 3.8) is 0 Å². The summed E-state index contributed by atoms with van der Waals surface area (Å²) in [5.74, 6) is 1.89. The Morgan fingerprint density at radius 1 is 1.25 bits per heavy atom. The zero-order valence-corrected chi connectivity index (χ0v) is 13.8. The summed E-state index contributed by atoms with van der Waals surface area (Å²) in [5.41, 5.74) is 1.79. The number of aromatic nitrogens is 2. The van der Waals surface area contributed by atoms with Crippen LogP contribution in [0.4, 0.5) is 5.82 Å².